The van der Waals surface area contributed by atoms with E-state index in [9.17, 15) is 9.59 Å². The lowest BCUT2D eigenvalue weighted by Crippen LogP contribution is -2.36. The Morgan fingerprint density at radius 3 is 2.48 bits per heavy atom. The smallest absolute Gasteiger partial charge is 0.251 e. The van der Waals surface area contributed by atoms with Crippen LogP contribution in [0.1, 0.15) is 26.3 Å². The summed E-state index contributed by atoms with van der Waals surface area (Å²) >= 11 is 0. The highest BCUT2D eigenvalue weighted by molar-refractivity contribution is 5.97. The molecule has 1 saturated heterocycles. The van der Waals surface area contributed by atoms with Gasteiger partial charge < -0.3 is 20.7 Å². The summed E-state index contributed by atoms with van der Waals surface area (Å²) in [6.45, 7) is 3.42. The first-order valence-electron chi connectivity index (χ1n) is 8.09. The lowest BCUT2D eigenvalue weighted by atomic mass is 10.1. The maximum Gasteiger partial charge on any atom is 0.251 e. The van der Waals surface area contributed by atoms with E-state index in [0.29, 0.717) is 30.9 Å². The predicted octanol–water partition coefficient (Wildman–Crippen LogP) is 0.947. The number of amides is 2. The molecule has 1 aliphatic rings. The molecule has 25 heavy (non-hydrogen) atoms. The van der Waals surface area contributed by atoms with Crippen LogP contribution in [0.15, 0.2) is 42.6 Å². The first kappa shape index (κ1) is 16.9. The molecule has 1 fully saturated rings. The van der Waals surface area contributed by atoms with Crippen LogP contribution >= 0.6 is 0 Å². The number of nitrogens with two attached hydrogens (primary N) is 1. The van der Waals surface area contributed by atoms with E-state index < -0.39 is 5.91 Å². The summed E-state index contributed by atoms with van der Waals surface area (Å²) in [5.74, 6) is 0.168. The minimum atomic E-state index is -0.514. The average Bonchev–Trinajstić information content (AvgIpc) is 2.67. The second-order valence-electron chi connectivity index (χ2n) is 5.75. The molecule has 2 amide bonds. The van der Waals surface area contributed by atoms with Gasteiger partial charge in [-0.2, -0.15) is 0 Å². The Balaban J connectivity index is 1.61. The summed E-state index contributed by atoms with van der Waals surface area (Å²) in [5.41, 5.74) is 7.02. The van der Waals surface area contributed by atoms with E-state index in [1.165, 1.54) is 0 Å². The van der Waals surface area contributed by atoms with Crippen LogP contribution in [0.25, 0.3) is 0 Å². The molecule has 0 saturated carbocycles. The summed E-state index contributed by atoms with van der Waals surface area (Å²) in [6.07, 6.45) is 1.74. The van der Waals surface area contributed by atoms with Crippen LogP contribution in [0.5, 0.6) is 0 Å². The largest absolute Gasteiger partial charge is 0.378 e. The third-order valence-corrected chi connectivity index (χ3v) is 4.03. The van der Waals surface area contributed by atoms with Gasteiger partial charge in [-0.15, -0.1) is 0 Å². The van der Waals surface area contributed by atoms with Gasteiger partial charge in [0.05, 0.1) is 13.2 Å². The number of hydrogen-bond acceptors (Lipinski definition) is 5. The highest BCUT2D eigenvalue weighted by atomic mass is 16.5. The molecule has 7 heteroatoms. The monoisotopic (exact) mass is 340 g/mol. The molecule has 0 atom stereocenters. The number of morpholine rings is 1. The number of pyridine rings is 1. The number of hydrogen-bond donors (Lipinski definition) is 2. The molecule has 1 aromatic carbocycles. The average molecular weight is 340 g/mol. The van der Waals surface area contributed by atoms with E-state index in [2.05, 4.69) is 15.2 Å². The Morgan fingerprint density at radius 1 is 1.12 bits per heavy atom. The van der Waals surface area contributed by atoms with Gasteiger partial charge in [0.1, 0.15) is 5.82 Å². The summed E-state index contributed by atoms with van der Waals surface area (Å²) < 4.78 is 5.35. The molecule has 2 heterocycles. The topological polar surface area (TPSA) is 97.5 Å². The first-order chi connectivity index (χ1) is 12.1. The highest BCUT2D eigenvalue weighted by Crippen LogP contribution is 2.14. The van der Waals surface area contributed by atoms with Gasteiger partial charge in [-0.1, -0.05) is 0 Å². The summed E-state index contributed by atoms with van der Waals surface area (Å²) in [7, 11) is 0. The Morgan fingerprint density at radius 2 is 1.80 bits per heavy atom. The molecular formula is C18H20N4O3. The van der Waals surface area contributed by atoms with Gasteiger partial charge in [0.2, 0.25) is 5.91 Å². The molecule has 0 aliphatic carbocycles. The van der Waals surface area contributed by atoms with Crippen LogP contribution in [0.2, 0.25) is 0 Å². The van der Waals surface area contributed by atoms with Crippen molar-refractivity contribution in [1.82, 2.24) is 10.3 Å². The number of nitrogens with zero attached hydrogens (tertiary/aromatic N) is 2. The fourth-order valence-electron chi connectivity index (χ4n) is 2.61. The SMILES string of the molecule is NC(=O)c1ccc(C(=O)NCc2ccnc(N3CCOCC3)c2)cc1. The van der Waals surface area contributed by atoms with Crippen molar-refractivity contribution in [3.05, 3.63) is 59.3 Å². The number of nitrogens with one attached hydrogen (secondary N) is 1. The van der Waals surface area contributed by atoms with E-state index in [0.717, 1.165) is 24.5 Å². The molecule has 0 unspecified atom stereocenters. The van der Waals surface area contributed by atoms with Gasteiger partial charge >= 0.3 is 0 Å². The molecule has 130 valence electrons. The Hall–Kier alpha value is -2.93. The minimum Gasteiger partial charge on any atom is -0.378 e. The van der Waals surface area contributed by atoms with E-state index in [1.807, 2.05) is 12.1 Å². The van der Waals surface area contributed by atoms with Gasteiger partial charge in [0, 0.05) is 37.0 Å². The van der Waals surface area contributed by atoms with Gasteiger partial charge in [-0.3, -0.25) is 9.59 Å². The maximum absolute atomic E-state index is 12.2. The van der Waals surface area contributed by atoms with Crippen LogP contribution < -0.4 is 16.0 Å². The minimum absolute atomic E-state index is 0.208. The molecule has 3 N–H and O–H groups in total. The molecular weight excluding hydrogens is 320 g/mol. The quantitative estimate of drug-likeness (QED) is 0.844. The van der Waals surface area contributed by atoms with Crippen molar-refractivity contribution in [1.29, 1.82) is 0 Å². The number of rotatable bonds is 5. The first-order valence-corrected chi connectivity index (χ1v) is 8.09. The fourth-order valence-corrected chi connectivity index (χ4v) is 2.61. The zero-order valence-corrected chi connectivity index (χ0v) is 13.8. The van der Waals surface area contributed by atoms with Crippen LogP contribution in [-0.4, -0.2) is 43.1 Å². The van der Waals surface area contributed by atoms with Crippen LogP contribution in [0.3, 0.4) is 0 Å². The van der Waals surface area contributed by atoms with Gasteiger partial charge in [-0.05, 0) is 42.0 Å². The lowest BCUT2D eigenvalue weighted by molar-refractivity contribution is 0.0948. The van der Waals surface area contributed by atoms with E-state index >= 15 is 0 Å². The van der Waals surface area contributed by atoms with Crippen molar-refractivity contribution in [2.24, 2.45) is 5.73 Å². The highest BCUT2D eigenvalue weighted by Gasteiger charge is 2.13. The lowest BCUT2D eigenvalue weighted by Gasteiger charge is -2.28. The van der Waals surface area contributed by atoms with E-state index in [4.69, 9.17) is 10.5 Å². The van der Waals surface area contributed by atoms with Crippen molar-refractivity contribution in [2.75, 3.05) is 31.2 Å². The molecule has 3 rings (SSSR count). The van der Waals surface area contributed by atoms with Gasteiger partial charge in [0.15, 0.2) is 0 Å². The summed E-state index contributed by atoms with van der Waals surface area (Å²) in [4.78, 5) is 29.8. The third kappa shape index (κ3) is 4.33. The Bertz CT molecular complexity index is 755. The summed E-state index contributed by atoms with van der Waals surface area (Å²) in [5, 5.41) is 2.87. The van der Waals surface area contributed by atoms with Crippen molar-refractivity contribution in [3.63, 3.8) is 0 Å². The fraction of sp³-hybridized carbons (Fsp3) is 0.278. The van der Waals surface area contributed by atoms with Gasteiger partial charge in [0.25, 0.3) is 5.91 Å². The predicted molar refractivity (Wildman–Crippen MR) is 93.4 cm³/mol. The Labute approximate surface area is 145 Å². The molecule has 2 aromatic rings. The summed E-state index contributed by atoms with van der Waals surface area (Å²) in [6, 6.07) is 10.1. The van der Waals surface area contributed by atoms with Crippen molar-refractivity contribution in [2.45, 2.75) is 6.54 Å². The number of primary amides is 1. The number of aromatic nitrogens is 1. The second kappa shape index (κ2) is 7.76. The zero-order chi connectivity index (χ0) is 17.6. The molecule has 1 aromatic heterocycles. The number of carbonyl (C=O) groups is 2. The van der Waals surface area contributed by atoms with Gasteiger partial charge in [-0.25, -0.2) is 4.98 Å². The van der Waals surface area contributed by atoms with Crippen molar-refractivity contribution < 1.29 is 14.3 Å². The number of carbonyl (C=O) groups excluding carboxylic acids is 2. The Kier molecular flexibility index (Phi) is 5.25. The molecule has 0 spiro atoms. The van der Waals surface area contributed by atoms with Crippen LogP contribution in [0.4, 0.5) is 5.82 Å². The van der Waals surface area contributed by atoms with Crippen LogP contribution in [0, 0.1) is 0 Å². The molecule has 1 aliphatic heterocycles. The van der Waals surface area contributed by atoms with Crippen LogP contribution in [-0.2, 0) is 11.3 Å². The molecule has 0 bridgehead atoms. The zero-order valence-electron chi connectivity index (χ0n) is 13.8. The molecule has 7 nitrogen and oxygen atoms in total. The second-order valence-corrected chi connectivity index (χ2v) is 5.75. The normalized spacial score (nSPS) is 14.2. The van der Waals surface area contributed by atoms with Crippen molar-refractivity contribution >= 4 is 17.6 Å². The number of ether oxygens (including phenoxy) is 1. The molecule has 0 radical (unpaired) electrons. The number of benzene rings is 1. The van der Waals surface area contributed by atoms with Crippen molar-refractivity contribution in [3.8, 4) is 0 Å². The van der Waals surface area contributed by atoms with E-state index in [-0.39, 0.29) is 5.91 Å². The standard InChI is InChI=1S/C18H20N4O3/c19-17(23)14-1-3-15(4-2-14)18(24)21-12-13-5-6-20-16(11-13)22-7-9-25-10-8-22/h1-6,11H,7-10,12H2,(H2,19,23)(H,21,24). The third-order valence-electron chi connectivity index (χ3n) is 4.03. The van der Waals surface area contributed by atoms with E-state index in [1.54, 1.807) is 30.5 Å². The number of anilines is 1. The maximum atomic E-state index is 12.2.